The highest BCUT2D eigenvalue weighted by Crippen LogP contribution is 2.28. The van der Waals surface area contributed by atoms with Crippen LogP contribution in [0, 0.1) is 0 Å². The molecule has 7 nitrogen and oxygen atoms in total. The molecule has 1 aliphatic heterocycles. The minimum atomic E-state index is -3.75. The second kappa shape index (κ2) is 9.39. The summed E-state index contributed by atoms with van der Waals surface area (Å²) in [5, 5.41) is 2.85. The van der Waals surface area contributed by atoms with Gasteiger partial charge in [0.2, 0.25) is 10.0 Å². The summed E-state index contributed by atoms with van der Waals surface area (Å²) in [6.07, 6.45) is 0.704. The van der Waals surface area contributed by atoms with Gasteiger partial charge in [0, 0.05) is 38.3 Å². The van der Waals surface area contributed by atoms with E-state index in [9.17, 15) is 13.2 Å². The van der Waals surface area contributed by atoms with E-state index in [0.29, 0.717) is 44.7 Å². The Morgan fingerprint density at radius 1 is 1.07 bits per heavy atom. The van der Waals surface area contributed by atoms with Crippen LogP contribution in [-0.2, 0) is 16.4 Å². The number of piperazine rings is 1. The molecule has 0 aliphatic carbocycles. The van der Waals surface area contributed by atoms with E-state index in [2.05, 4.69) is 10.2 Å². The van der Waals surface area contributed by atoms with E-state index in [4.69, 9.17) is 4.74 Å². The SMILES string of the molecule is COc1ccc(C(=O)NCCc2ccccc2)cc1S(=O)(=O)N1CCN(C)CC1. The van der Waals surface area contributed by atoms with Crippen LogP contribution in [0.25, 0.3) is 0 Å². The van der Waals surface area contributed by atoms with Crippen LogP contribution in [0.4, 0.5) is 0 Å². The standard InChI is InChI=1S/C21H27N3O4S/c1-23-12-14-24(15-13-23)29(26,27)20-16-18(8-9-19(20)28-2)21(25)22-11-10-17-6-4-3-5-7-17/h3-9,16H,10-15H2,1-2H3,(H,22,25). The number of hydrogen-bond acceptors (Lipinski definition) is 5. The number of benzene rings is 2. The molecule has 156 valence electrons. The summed E-state index contributed by atoms with van der Waals surface area (Å²) in [6, 6.07) is 14.4. The third-order valence-corrected chi connectivity index (χ3v) is 6.97. The first kappa shape index (κ1) is 21.3. The van der Waals surface area contributed by atoms with E-state index < -0.39 is 10.0 Å². The summed E-state index contributed by atoms with van der Waals surface area (Å²) in [5.74, 6) is -0.0665. The molecule has 2 aromatic rings. The van der Waals surface area contributed by atoms with Crippen molar-refractivity contribution >= 4 is 15.9 Å². The van der Waals surface area contributed by atoms with Gasteiger partial charge in [0.1, 0.15) is 10.6 Å². The molecule has 0 unspecified atom stereocenters. The van der Waals surface area contributed by atoms with Crippen molar-refractivity contribution in [1.82, 2.24) is 14.5 Å². The highest BCUT2D eigenvalue weighted by Gasteiger charge is 2.30. The van der Waals surface area contributed by atoms with Crippen LogP contribution in [0.1, 0.15) is 15.9 Å². The van der Waals surface area contributed by atoms with Crippen molar-refractivity contribution in [2.24, 2.45) is 0 Å². The smallest absolute Gasteiger partial charge is 0.251 e. The van der Waals surface area contributed by atoms with Gasteiger partial charge in [-0.05, 0) is 37.2 Å². The number of carbonyl (C=O) groups is 1. The molecular formula is C21H27N3O4S. The van der Waals surface area contributed by atoms with Crippen LogP contribution in [0.15, 0.2) is 53.4 Å². The third-order valence-electron chi connectivity index (χ3n) is 5.05. The number of sulfonamides is 1. The van der Waals surface area contributed by atoms with E-state index in [1.807, 2.05) is 37.4 Å². The Bertz CT molecular complexity index is 940. The molecule has 0 bridgehead atoms. The van der Waals surface area contributed by atoms with Crippen molar-refractivity contribution in [3.05, 3.63) is 59.7 Å². The number of likely N-dealkylation sites (N-methyl/N-ethyl adjacent to an activating group) is 1. The van der Waals surface area contributed by atoms with Crippen LogP contribution >= 0.6 is 0 Å². The molecule has 0 saturated carbocycles. The van der Waals surface area contributed by atoms with Crippen LogP contribution in [0.5, 0.6) is 5.75 Å². The highest BCUT2D eigenvalue weighted by molar-refractivity contribution is 7.89. The minimum Gasteiger partial charge on any atom is -0.495 e. The number of ether oxygens (including phenoxy) is 1. The van der Waals surface area contributed by atoms with Gasteiger partial charge in [-0.25, -0.2) is 8.42 Å². The molecule has 8 heteroatoms. The molecule has 0 aromatic heterocycles. The number of hydrogen-bond donors (Lipinski definition) is 1. The molecule has 1 fully saturated rings. The number of amides is 1. The summed E-state index contributed by atoms with van der Waals surface area (Å²) >= 11 is 0. The lowest BCUT2D eigenvalue weighted by Gasteiger charge is -2.31. The first-order chi connectivity index (χ1) is 13.9. The average Bonchev–Trinajstić information content (AvgIpc) is 2.74. The third kappa shape index (κ3) is 5.14. The number of nitrogens with zero attached hydrogens (tertiary/aromatic N) is 2. The molecule has 1 saturated heterocycles. The fraction of sp³-hybridized carbons (Fsp3) is 0.381. The zero-order chi connectivity index (χ0) is 20.9. The Morgan fingerprint density at radius 3 is 2.41 bits per heavy atom. The molecule has 1 N–H and O–H groups in total. The summed E-state index contributed by atoms with van der Waals surface area (Å²) in [4.78, 5) is 14.7. The molecular weight excluding hydrogens is 390 g/mol. The molecule has 1 heterocycles. The lowest BCUT2D eigenvalue weighted by Crippen LogP contribution is -2.47. The van der Waals surface area contributed by atoms with Crippen LogP contribution in [0.3, 0.4) is 0 Å². The van der Waals surface area contributed by atoms with Crippen molar-refractivity contribution in [2.45, 2.75) is 11.3 Å². The van der Waals surface area contributed by atoms with Gasteiger partial charge < -0.3 is 15.0 Å². The zero-order valence-corrected chi connectivity index (χ0v) is 17.6. The number of methoxy groups -OCH3 is 1. The molecule has 1 aliphatic rings. The lowest BCUT2D eigenvalue weighted by atomic mass is 10.1. The first-order valence-electron chi connectivity index (χ1n) is 9.60. The quantitative estimate of drug-likeness (QED) is 0.740. The predicted molar refractivity (Wildman–Crippen MR) is 112 cm³/mol. The molecule has 29 heavy (non-hydrogen) atoms. The van der Waals surface area contributed by atoms with Crippen LogP contribution < -0.4 is 10.1 Å². The van der Waals surface area contributed by atoms with E-state index in [1.54, 1.807) is 6.07 Å². The van der Waals surface area contributed by atoms with Gasteiger partial charge in [-0.15, -0.1) is 0 Å². The van der Waals surface area contributed by atoms with Gasteiger partial charge in [-0.2, -0.15) is 4.31 Å². The second-order valence-corrected chi connectivity index (χ2v) is 8.97. The maximum Gasteiger partial charge on any atom is 0.251 e. The van der Waals surface area contributed by atoms with Gasteiger partial charge >= 0.3 is 0 Å². The fourth-order valence-electron chi connectivity index (χ4n) is 3.25. The van der Waals surface area contributed by atoms with Crippen molar-refractivity contribution in [2.75, 3.05) is 46.9 Å². The minimum absolute atomic E-state index is 0.0280. The Labute approximate surface area is 172 Å². The van der Waals surface area contributed by atoms with Crippen molar-refractivity contribution in [1.29, 1.82) is 0 Å². The zero-order valence-electron chi connectivity index (χ0n) is 16.8. The summed E-state index contributed by atoms with van der Waals surface area (Å²) in [5.41, 5.74) is 1.42. The molecule has 2 aromatic carbocycles. The molecule has 0 spiro atoms. The predicted octanol–water partition coefficient (Wildman–Crippen LogP) is 1.60. The largest absolute Gasteiger partial charge is 0.495 e. The fourth-order valence-corrected chi connectivity index (χ4v) is 4.86. The van der Waals surface area contributed by atoms with Crippen molar-refractivity contribution < 1.29 is 17.9 Å². The highest BCUT2D eigenvalue weighted by atomic mass is 32.2. The van der Waals surface area contributed by atoms with Gasteiger partial charge in [0.15, 0.2) is 0 Å². The summed E-state index contributed by atoms with van der Waals surface area (Å²) in [6.45, 7) is 2.63. The monoisotopic (exact) mass is 417 g/mol. The van der Waals surface area contributed by atoms with E-state index in [1.165, 1.54) is 23.5 Å². The van der Waals surface area contributed by atoms with Crippen LogP contribution in [-0.4, -0.2) is 70.4 Å². The first-order valence-corrected chi connectivity index (χ1v) is 11.0. The summed E-state index contributed by atoms with van der Waals surface area (Å²) < 4.78 is 33.0. The van der Waals surface area contributed by atoms with Gasteiger partial charge in [0.05, 0.1) is 7.11 Å². The van der Waals surface area contributed by atoms with E-state index in [-0.39, 0.29) is 16.6 Å². The lowest BCUT2D eigenvalue weighted by molar-refractivity contribution is 0.0954. The number of nitrogens with one attached hydrogen (secondary N) is 1. The normalized spacial score (nSPS) is 15.8. The van der Waals surface area contributed by atoms with Gasteiger partial charge in [0.25, 0.3) is 5.91 Å². The average molecular weight is 418 g/mol. The number of carbonyl (C=O) groups excluding carboxylic acids is 1. The number of rotatable bonds is 7. The van der Waals surface area contributed by atoms with Crippen LogP contribution in [0.2, 0.25) is 0 Å². The second-order valence-electron chi connectivity index (χ2n) is 7.06. The maximum absolute atomic E-state index is 13.1. The molecule has 1 amide bonds. The topological polar surface area (TPSA) is 78.9 Å². The Morgan fingerprint density at radius 2 is 1.76 bits per heavy atom. The maximum atomic E-state index is 13.1. The van der Waals surface area contributed by atoms with Crippen molar-refractivity contribution in [3.63, 3.8) is 0 Å². The molecule has 0 radical (unpaired) electrons. The Balaban J connectivity index is 1.75. The summed E-state index contributed by atoms with van der Waals surface area (Å²) in [7, 11) is -0.354. The van der Waals surface area contributed by atoms with Gasteiger partial charge in [-0.3, -0.25) is 4.79 Å². The Hall–Kier alpha value is -2.42. The van der Waals surface area contributed by atoms with E-state index >= 15 is 0 Å². The van der Waals surface area contributed by atoms with Crippen molar-refractivity contribution in [3.8, 4) is 5.75 Å². The Kier molecular flexibility index (Phi) is 6.89. The molecule has 0 atom stereocenters. The van der Waals surface area contributed by atoms with E-state index in [0.717, 1.165) is 5.56 Å². The molecule has 3 rings (SSSR count). The van der Waals surface area contributed by atoms with Gasteiger partial charge in [-0.1, -0.05) is 30.3 Å².